The minimum Gasteiger partial charge on any atom is -0.491 e. The molecule has 1 saturated heterocycles. The number of aryl methyl sites for hydroxylation is 1. The molecule has 0 unspecified atom stereocenters. The maximum Gasteiger partial charge on any atom is 0.317 e. The minimum atomic E-state index is -0.0378. The molecule has 3 rings (SSSR count). The Labute approximate surface area is 159 Å². The lowest BCUT2D eigenvalue weighted by Gasteiger charge is -2.36. The zero-order valence-electron chi connectivity index (χ0n) is 15.0. The second-order valence-corrected chi connectivity index (χ2v) is 6.74. The summed E-state index contributed by atoms with van der Waals surface area (Å²) in [6.45, 7) is 5.93. The van der Waals surface area contributed by atoms with Crippen molar-refractivity contribution < 1.29 is 9.53 Å². The minimum absolute atomic E-state index is 0.0378. The molecule has 0 bridgehead atoms. The number of amides is 2. The molecule has 1 aliphatic heterocycles. The second-order valence-electron chi connectivity index (χ2n) is 6.30. The maximum absolute atomic E-state index is 12.3. The van der Waals surface area contributed by atoms with Crippen LogP contribution in [0.2, 0.25) is 5.02 Å². The molecule has 0 spiro atoms. The van der Waals surface area contributed by atoms with E-state index in [1.54, 1.807) is 0 Å². The third-order valence-electron chi connectivity index (χ3n) is 4.47. The molecule has 1 N–H and O–H groups in total. The normalized spacial score (nSPS) is 14.2. The van der Waals surface area contributed by atoms with E-state index in [0.717, 1.165) is 35.1 Å². The third kappa shape index (κ3) is 4.82. The lowest BCUT2D eigenvalue weighted by atomic mass is 10.2. The van der Waals surface area contributed by atoms with Crippen LogP contribution in [0.4, 0.5) is 10.5 Å². The van der Waals surface area contributed by atoms with Gasteiger partial charge in [-0.25, -0.2) is 4.79 Å². The highest BCUT2D eigenvalue weighted by Gasteiger charge is 2.21. The van der Waals surface area contributed by atoms with Crippen LogP contribution in [0.25, 0.3) is 0 Å². The topological polar surface area (TPSA) is 44.8 Å². The quantitative estimate of drug-likeness (QED) is 0.815. The number of anilines is 1. The van der Waals surface area contributed by atoms with Gasteiger partial charge in [0.25, 0.3) is 0 Å². The van der Waals surface area contributed by atoms with Crippen molar-refractivity contribution in [3.63, 3.8) is 0 Å². The van der Waals surface area contributed by atoms with Crippen LogP contribution in [0.15, 0.2) is 48.5 Å². The zero-order chi connectivity index (χ0) is 18.4. The average Bonchev–Trinajstić information content (AvgIpc) is 2.66. The number of urea groups is 1. The van der Waals surface area contributed by atoms with Crippen LogP contribution in [0.5, 0.6) is 5.75 Å². The predicted molar refractivity (Wildman–Crippen MR) is 105 cm³/mol. The van der Waals surface area contributed by atoms with Gasteiger partial charge >= 0.3 is 6.03 Å². The summed E-state index contributed by atoms with van der Waals surface area (Å²) in [7, 11) is 0. The van der Waals surface area contributed by atoms with Gasteiger partial charge in [-0.05, 0) is 36.8 Å². The van der Waals surface area contributed by atoms with E-state index in [1.807, 2.05) is 60.4 Å². The molecule has 5 nitrogen and oxygen atoms in total. The summed E-state index contributed by atoms with van der Waals surface area (Å²) in [6.07, 6.45) is 0. The number of hydrogen-bond acceptors (Lipinski definition) is 3. The summed E-state index contributed by atoms with van der Waals surface area (Å²) >= 11 is 6.06. The highest BCUT2D eigenvalue weighted by Crippen LogP contribution is 2.20. The average molecular weight is 374 g/mol. The summed E-state index contributed by atoms with van der Waals surface area (Å²) in [6, 6.07) is 15.7. The molecule has 1 fully saturated rings. The van der Waals surface area contributed by atoms with Crippen LogP contribution in [-0.2, 0) is 0 Å². The van der Waals surface area contributed by atoms with Gasteiger partial charge in [0, 0.05) is 36.9 Å². The number of carbonyl (C=O) groups is 1. The van der Waals surface area contributed by atoms with Crippen molar-refractivity contribution in [1.82, 2.24) is 10.2 Å². The van der Waals surface area contributed by atoms with E-state index in [0.29, 0.717) is 26.2 Å². The standard InChI is InChI=1S/C20H24ClN3O2/c1-16-5-2-3-8-19(16)26-14-9-22-20(25)24-12-10-23(11-13-24)18-7-4-6-17(21)15-18/h2-8,15H,9-14H2,1H3,(H,22,25). The van der Waals surface area contributed by atoms with E-state index in [9.17, 15) is 4.79 Å². The Bertz CT molecular complexity index is 745. The number of benzene rings is 2. The molecule has 138 valence electrons. The van der Waals surface area contributed by atoms with Gasteiger partial charge < -0.3 is 19.9 Å². The number of ether oxygens (including phenoxy) is 1. The van der Waals surface area contributed by atoms with Crippen molar-refractivity contribution in [2.24, 2.45) is 0 Å². The molecule has 0 aliphatic carbocycles. The predicted octanol–water partition coefficient (Wildman–Crippen LogP) is 3.56. The van der Waals surface area contributed by atoms with E-state index in [-0.39, 0.29) is 6.03 Å². The van der Waals surface area contributed by atoms with E-state index < -0.39 is 0 Å². The van der Waals surface area contributed by atoms with Gasteiger partial charge in [-0.2, -0.15) is 0 Å². The van der Waals surface area contributed by atoms with Crippen molar-refractivity contribution in [2.45, 2.75) is 6.92 Å². The smallest absolute Gasteiger partial charge is 0.317 e. The van der Waals surface area contributed by atoms with Gasteiger partial charge in [0.1, 0.15) is 12.4 Å². The number of nitrogens with zero attached hydrogens (tertiary/aromatic N) is 2. The summed E-state index contributed by atoms with van der Waals surface area (Å²) in [4.78, 5) is 16.4. The molecule has 2 aromatic carbocycles. The first kappa shape index (κ1) is 18.4. The Hall–Kier alpha value is -2.40. The van der Waals surface area contributed by atoms with Crippen LogP contribution in [0.1, 0.15) is 5.56 Å². The first-order valence-corrected chi connectivity index (χ1v) is 9.23. The number of hydrogen-bond donors (Lipinski definition) is 1. The Morgan fingerprint density at radius 1 is 1.12 bits per heavy atom. The fourth-order valence-electron chi connectivity index (χ4n) is 2.99. The lowest BCUT2D eigenvalue weighted by Crippen LogP contribution is -2.52. The van der Waals surface area contributed by atoms with Crippen molar-refractivity contribution in [1.29, 1.82) is 0 Å². The number of para-hydroxylation sites is 1. The summed E-state index contributed by atoms with van der Waals surface area (Å²) in [5, 5.41) is 3.66. The van der Waals surface area contributed by atoms with Crippen LogP contribution in [0, 0.1) is 6.92 Å². The van der Waals surface area contributed by atoms with Crippen LogP contribution in [0.3, 0.4) is 0 Å². The number of rotatable bonds is 5. The van der Waals surface area contributed by atoms with Gasteiger partial charge in [0.15, 0.2) is 0 Å². The van der Waals surface area contributed by atoms with Crippen LogP contribution >= 0.6 is 11.6 Å². The van der Waals surface area contributed by atoms with Crippen molar-refractivity contribution in [3.8, 4) is 5.75 Å². The number of piperazine rings is 1. The second kappa shape index (κ2) is 8.81. The maximum atomic E-state index is 12.3. The summed E-state index contributed by atoms with van der Waals surface area (Å²) < 4.78 is 5.71. The fraction of sp³-hybridized carbons (Fsp3) is 0.350. The Morgan fingerprint density at radius 3 is 2.62 bits per heavy atom. The molecule has 0 atom stereocenters. The Balaban J connectivity index is 1.39. The number of halogens is 1. The van der Waals surface area contributed by atoms with Crippen molar-refractivity contribution in [2.75, 3.05) is 44.2 Å². The van der Waals surface area contributed by atoms with Gasteiger partial charge in [-0.3, -0.25) is 0 Å². The molecule has 2 amide bonds. The van der Waals surface area contributed by atoms with Gasteiger partial charge in [-0.15, -0.1) is 0 Å². The fourth-order valence-corrected chi connectivity index (χ4v) is 3.17. The molecule has 1 aliphatic rings. The SMILES string of the molecule is Cc1ccccc1OCCNC(=O)N1CCN(c2cccc(Cl)c2)CC1. The highest BCUT2D eigenvalue weighted by molar-refractivity contribution is 6.30. The molecule has 0 saturated carbocycles. The van der Waals surface area contributed by atoms with Gasteiger partial charge in [0.05, 0.1) is 6.54 Å². The highest BCUT2D eigenvalue weighted by atomic mass is 35.5. The Morgan fingerprint density at radius 2 is 1.88 bits per heavy atom. The first-order chi connectivity index (χ1) is 12.6. The molecule has 6 heteroatoms. The van der Waals surface area contributed by atoms with Crippen LogP contribution in [-0.4, -0.2) is 50.3 Å². The molecular formula is C20H24ClN3O2. The largest absolute Gasteiger partial charge is 0.491 e. The molecule has 0 radical (unpaired) electrons. The van der Waals surface area contributed by atoms with Gasteiger partial charge in [0.2, 0.25) is 0 Å². The number of carbonyl (C=O) groups excluding carboxylic acids is 1. The molecule has 2 aromatic rings. The molecule has 26 heavy (non-hydrogen) atoms. The first-order valence-electron chi connectivity index (χ1n) is 8.85. The van der Waals surface area contributed by atoms with Crippen LogP contribution < -0.4 is 15.0 Å². The molecule has 0 aromatic heterocycles. The summed E-state index contributed by atoms with van der Waals surface area (Å²) in [5.41, 5.74) is 2.19. The van der Waals surface area contributed by atoms with E-state index >= 15 is 0 Å². The van der Waals surface area contributed by atoms with E-state index in [2.05, 4.69) is 10.2 Å². The molecular weight excluding hydrogens is 350 g/mol. The lowest BCUT2D eigenvalue weighted by molar-refractivity contribution is 0.191. The van der Waals surface area contributed by atoms with Crippen molar-refractivity contribution >= 4 is 23.3 Å². The van der Waals surface area contributed by atoms with E-state index in [1.165, 1.54) is 0 Å². The third-order valence-corrected chi connectivity index (χ3v) is 4.70. The zero-order valence-corrected chi connectivity index (χ0v) is 15.7. The monoisotopic (exact) mass is 373 g/mol. The van der Waals surface area contributed by atoms with Gasteiger partial charge in [-0.1, -0.05) is 35.9 Å². The molecule has 1 heterocycles. The van der Waals surface area contributed by atoms with Crippen molar-refractivity contribution in [3.05, 3.63) is 59.1 Å². The van der Waals surface area contributed by atoms with E-state index in [4.69, 9.17) is 16.3 Å². The Kier molecular flexibility index (Phi) is 6.23. The number of nitrogens with one attached hydrogen (secondary N) is 1. The summed E-state index contributed by atoms with van der Waals surface area (Å²) in [5.74, 6) is 0.858.